The van der Waals surface area contributed by atoms with E-state index in [9.17, 15) is 4.79 Å². The fourth-order valence-corrected chi connectivity index (χ4v) is 2.02. The molecule has 0 saturated heterocycles. The smallest absolute Gasteiger partial charge is 0.251 e. The van der Waals surface area contributed by atoms with E-state index in [1.807, 2.05) is 54.6 Å². The van der Waals surface area contributed by atoms with Gasteiger partial charge in [0.1, 0.15) is 0 Å². The Morgan fingerprint density at radius 2 is 1.48 bits per heavy atom. The van der Waals surface area contributed by atoms with Crippen LogP contribution in [0.1, 0.15) is 48.7 Å². The van der Waals surface area contributed by atoms with Crippen LogP contribution in [-0.4, -0.2) is 12.5 Å². The molecule has 0 spiro atoms. The number of carbonyl (C=O) groups excluding carboxylic acids is 1. The van der Waals surface area contributed by atoms with Crippen LogP contribution < -0.4 is 5.32 Å². The third-order valence-electron chi connectivity index (χ3n) is 3.43. The Bertz CT molecular complexity index is 697. The fraction of sp³-hybridized carbons (Fsp3) is 0.286. The van der Waals surface area contributed by atoms with Crippen molar-refractivity contribution in [2.45, 2.75) is 27.2 Å². The van der Waals surface area contributed by atoms with Crippen LogP contribution >= 0.6 is 0 Å². The molecule has 0 fully saturated rings. The molecule has 0 saturated carbocycles. The molecule has 0 aromatic heterocycles. The van der Waals surface area contributed by atoms with Gasteiger partial charge in [0.2, 0.25) is 0 Å². The Labute approximate surface area is 138 Å². The van der Waals surface area contributed by atoms with Gasteiger partial charge in [-0.1, -0.05) is 50.8 Å². The second-order valence-electron chi connectivity index (χ2n) is 6.76. The molecule has 1 N–H and O–H groups in total. The summed E-state index contributed by atoms with van der Waals surface area (Å²) in [7, 11) is 0. The van der Waals surface area contributed by atoms with Crippen molar-refractivity contribution in [2.75, 3.05) is 6.54 Å². The van der Waals surface area contributed by atoms with Crippen LogP contribution in [-0.2, 0) is 0 Å². The van der Waals surface area contributed by atoms with E-state index in [0.717, 1.165) is 17.5 Å². The first kappa shape index (κ1) is 16.8. The summed E-state index contributed by atoms with van der Waals surface area (Å²) >= 11 is 0. The normalized spacial score (nSPS) is 10.6. The molecule has 2 nitrogen and oxygen atoms in total. The van der Waals surface area contributed by atoms with Crippen molar-refractivity contribution >= 4 is 5.91 Å². The number of hydrogen-bond acceptors (Lipinski definition) is 1. The van der Waals surface area contributed by atoms with Crippen LogP contribution in [0.2, 0.25) is 0 Å². The van der Waals surface area contributed by atoms with Gasteiger partial charge < -0.3 is 5.32 Å². The Morgan fingerprint density at radius 3 is 2.04 bits per heavy atom. The first-order valence-corrected chi connectivity index (χ1v) is 7.89. The lowest BCUT2D eigenvalue weighted by Gasteiger charge is -2.18. The minimum absolute atomic E-state index is 0.0307. The molecule has 0 aliphatic rings. The van der Waals surface area contributed by atoms with Gasteiger partial charge in [0.25, 0.3) is 5.91 Å². The summed E-state index contributed by atoms with van der Waals surface area (Å²) in [6.07, 6.45) is 0.958. The average molecular weight is 305 g/mol. The van der Waals surface area contributed by atoms with E-state index >= 15 is 0 Å². The summed E-state index contributed by atoms with van der Waals surface area (Å²) in [5.41, 5.74) is 2.78. The van der Waals surface area contributed by atoms with E-state index in [0.29, 0.717) is 12.1 Å². The van der Waals surface area contributed by atoms with Crippen molar-refractivity contribution in [3.05, 3.63) is 71.3 Å². The largest absolute Gasteiger partial charge is 0.352 e. The zero-order valence-corrected chi connectivity index (χ0v) is 14.0. The lowest BCUT2D eigenvalue weighted by atomic mass is 9.92. The number of hydrogen-bond donors (Lipinski definition) is 1. The fourth-order valence-electron chi connectivity index (χ4n) is 2.02. The van der Waals surface area contributed by atoms with Crippen LogP contribution in [0.5, 0.6) is 0 Å². The van der Waals surface area contributed by atoms with E-state index < -0.39 is 0 Å². The van der Waals surface area contributed by atoms with Gasteiger partial charge in [-0.15, -0.1) is 0 Å². The third kappa shape index (κ3) is 6.00. The van der Waals surface area contributed by atoms with E-state index in [4.69, 9.17) is 0 Å². The summed E-state index contributed by atoms with van der Waals surface area (Å²) in [6, 6.07) is 17.3. The number of nitrogens with one attached hydrogen (secondary N) is 1. The standard InChI is InChI=1S/C21H23NO/c1-21(2,3)15-16-22-20(23)19-13-11-18(12-14-19)10-9-17-7-5-4-6-8-17/h4-8,11-14H,15-16H2,1-3H3,(H,22,23). The second kappa shape index (κ2) is 7.65. The first-order valence-electron chi connectivity index (χ1n) is 7.89. The van der Waals surface area contributed by atoms with Gasteiger partial charge in [-0.05, 0) is 48.2 Å². The van der Waals surface area contributed by atoms with E-state index in [2.05, 4.69) is 37.9 Å². The quantitative estimate of drug-likeness (QED) is 0.844. The molecule has 0 radical (unpaired) electrons. The molecule has 1 amide bonds. The molecule has 2 heteroatoms. The molecular weight excluding hydrogens is 282 g/mol. The molecule has 0 aliphatic carbocycles. The van der Waals surface area contributed by atoms with Crippen molar-refractivity contribution in [1.29, 1.82) is 0 Å². The Balaban J connectivity index is 1.94. The summed E-state index contributed by atoms with van der Waals surface area (Å²) in [5, 5.41) is 2.96. The van der Waals surface area contributed by atoms with Crippen LogP contribution in [0.25, 0.3) is 0 Å². The highest BCUT2D eigenvalue weighted by Gasteiger charge is 2.11. The molecule has 0 bridgehead atoms. The molecule has 118 valence electrons. The maximum atomic E-state index is 12.1. The predicted molar refractivity (Wildman–Crippen MR) is 95.3 cm³/mol. The Kier molecular flexibility index (Phi) is 5.60. The maximum absolute atomic E-state index is 12.1. The summed E-state index contributed by atoms with van der Waals surface area (Å²) in [4.78, 5) is 12.1. The van der Waals surface area contributed by atoms with Gasteiger partial charge in [0, 0.05) is 23.2 Å². The topological polar surface area (TPSA) is 29.1 Å². The first-order chi connectivity index (χ1) is 10.9. The van der Waals surface area contributed by atoms with E-state index in [1.54, 1.807) is 0 Å². The van der Waals surface area contributed by atoms with E-state index in [1.165, 1.54) is 0 Å². The molecular formula is C21H23NO. The molecule has 0 aliphatic heterocycles. The summed E-state index contributed by atoms with van der Waals surface area (Å²) in [6.45, 7) is 7.19. The molecule has 23 heavy (non-hydrogen) atoms. The minimum Gasteiger partial charge on any atom is -0.352 e. The van der Waals surface area contributed by atoms with Crippen molar-refractivity contribution in [2.24, 2.45) is 5.41 Å². The third-order valence-corrected chi connectivity index (χ3v) is 3.43. The highest BCUT2D eigenvalue weighted by atomic mass is 16.1. The van der Waals surface area contributed by atoms with Crippen LogP contribution in [0, 0.1) is 17.3 Å². The SMILES string of the molecule is CC(C)(C)CCNC(=O)c1ccc(C#Cc2ccccc2)cc1. The second-order valence-corrected chi connectivity index (χ2v) is 6.76. The maximum Gasteiger partial charge on any atom is 0.251 e. The van der Waals surface area contributed by atoms with Crippen molar-refractivity contribution in [3.8, 4) is 11.8 Å². The van der Waals surface area contributed by atoms with Crippen LogP contribution in [0.4, 0.5) is 0 Å². The zero-order chi connectivity index (χ0) is 16.7. The number of benzene rings is 2. The lowest BCUT2D eigenvalue weighted by molar-refractivity contribution is 0.0949. The molecule has 2 rings (SSSR count). The van der Waals surface area contributed by atoms with Gasteiger partial charge in [0.05, 0.1) is 0 Å². The molecule has 0 atom stereocenters. The lowest BCUT2D eigenvalue weighted by Crippen LogP contribution is -2.27. The molecule has 2 aromatic carbocycles. The average Bonchev–Trinajstić information content (AvgIpc) is 2.53. The van der Waals surface area contributed by atoms with Crippen molar-refractivity contribution < 1.29 is 4.79 Å². The number of amides is 1. The van der Waals surface area contributed by atoms with Crippen LogP contribution in [0.3, 0.4) is 0 Å². The highest BCUT2D eigenvalue weighted by Crippen LogP contribution is 2.17. The monoisotopic (exact) mass is 305 g/mol. The van der Waals surface area contributed by atoms with Crippen molar-refractivity contribution in [1.82, 2.24) is 5.32 Å². The molecule has 0 unspecified atom stereocenters. The Hall–Kier alpha value is -2.53. The van der Waals surface area contributed by atoms with Crippen LogP contribution in [0.15, 0.2) is 54.6 Å². The van der Waals surface area contributed by atoms with Gasteiger partial charge in [-0.25, -0.2) is 0 Å². The van der Waals surface area contributed by atoms with Gasteiger partial charge in [0.15, 0.2) is 0 Å². The van der Waals surface area contributed by atoms with E-state index in [-0.39, 0.29) is 11.3 Å². The number of rotatable bonds is 3. The minimum atomic E-state index is -0.0307. The molecule has 2 aromatic rings. The Morgan fingerprint density at radius 1 is 0.913 bits per heavy atom. The van der Waals surface area contributed by atoms with Gasteiger partial charge in [-0.2, -0.15) is 0 Å². The zero-order valence-electron chi connectivity index (χ0n) is 14.0. The number of carbonyl (C=O) groups is 1. The van der Waals surface area contributed by atoms with Gasteiger partial charge >= 0.3 is 0 Å². The van der Waals surface area contributed by atoms with Crippen molar-refractivity contribution in [3.63, 3.8) is 0 Å². The summed E-state index contributed by atoms with van der Waals surface area (Å²) in [5.74, 6) is 6.19. The highest BCUT2D eigenvalue weighted by molar-refractivity contribution is 5.94. The molecule has 0 heterocycles. The van der Waals surface area contributed by atoms with Gasteiger partial charge in [-0.3, -0.25) is 4.79 Å². The summed E-state index contributed by atoms with van der Waals surface area (Å²) < 4.78 is 0. The predicted octanol–water partition coefficient (Wildman–Crippen LogP) is 4.25.